The Morgan fingerprint density at radius 1 is 1.53 bits per heavy atom. The number of phenols is 1. The van der Waals surface area contributed by atoms with Gasteiger partial charge in [0.05, 0.1) is 11.6 Å². The molecule has 0 heterocycles. The van der Waals surface area contributed by atoms with E-state index in [1.807, 2.05) is 0 Å². The van der Waals surface area contributed by atoms with Gasteiger partial charge in [0, 0.05) is 6.54 Å². The lowest BCUT2D eigenvalue weighted by Gasteiger charge is -2.21. The van der Waals surface area contributed by atoms with Crippen LogP contribution in [0.4, 0.5) is 0 Å². The standard InChI is InChI=1S/C12H16BrNO4.ClH/c1-7(12(16)17)14(2)6-8-4-9(13)11(15)10(5-8)18-3;/h4-5,7,15H,6H2,1-3H3,(H,16,17);1H. The molecule has 1 aromatic rings. The summed E-state index contributed by atoms with van der Waals surface area (Å²) in [7, 11) is 3.20. The Morgan fingerprint density at radius 2 is 2.11 bits per heavy atom. The summed E-state index contributed by atoms with van der Waals surface area (Å²) in [5, 5.41) is 18.6. The third-order valence-corrected chi connectivity index (χ3v) is 3.36. The zero-order valence-corrected chi connectivity index (χ0v) is 13.3. The van der Waals surface area contributed by atoms with Gasteiger partial charge in [-0.25, -0.2) is 0 Å². The van der Waals surface area contributed by atoms with Crippen LogP contribution in [0.15, 0.2) is 16.6 Å². The van der Waals surface area contributed by atoms with Crippen LogP contribution < -0.4 is 4.74 Å². The summed E-state index contributed by atoms with van der Waals surface area (Å²) in [5.41, 5.74) is 0.854. The lowest BCUT2D eigenvalue weighted by atomic mass is 10.1. The Bertz CT molecular complexity index is 456. The number of likely N-dealkylation sites (N-methyl/N-ethyl adjacent to an activating group) is 1. The summed E-state index contributed by atoms with van der Waals surface area (Å²) in [6, 6.07) is 2.84. The molecule has 0 aliphatic carbocycles. The maximum absolute atomic E-state index is 10.9. The number of ether oxygens (including phenoxy) is 1. The predicted octanol–water partition coefficient (Wildman–Crippen LogP) is 2.49. The Labute approximate surface area is 126 Å². The molecule has 0 fully saturated rings. The largest absolute Gasteiger partial charge is 0.503 e. The van der Waals surface area contributed by atoms with Crippen LogP contribution in [-0.2, 0) is 11.3 Å². The summed E-state index contributed by atoms with van der Waals surface area (Å²) < 4.78 is 5.56. The summed E-state index contributed by atoms with van der Waals surface area (Å²) >= 11 is 3.23. The fourth-order valence-corrected chi connectivity index (χ4v) is 1.98. The molecule has 5 nitrogen and oxygen atoms in total. The lowest BCUT2D eigenvalue weighted by molar-refractivity contribution is -0.142. The van der Waals surface area contributed by atoms with Gasteiger partial charge in [0.25, 0.3) is 0 Å². The van der Waals surface area contributed by atoms with Crippen LogP contribution in [0.5, 0.6) is 11.5 Å². The van der Waals surface area contributed by atoms with Crippen molar-refractivity contribution in [3.8, 4) is 11.5 Å². The van der Waals surface area contributed by atoms with E-state index in [2.05, 4.69) is 15.9 Å². The summed E-state index contributed by atoms with van der Waals surface area (Å²) in [6.45, 7) is 2.07. The second-order valence-electron chi connectivity index (χ2n) is 4.06. The molecule has 0 spiro atoms. The van der Waals surface area contributed by atoms with E-state index in [4.69, 9.17) is 9.84 Å². The van der Waals surface area contributed by atoms with E-state index in [9.17, 15) is 9.90 Å². The van der Waals surface area contributed by atoms with Crippen LogP contribution in [0.25, 0.3) is 0 Å². The minimum Gasteiger partial charge on any atom is -0.503 e. The number of carboxylic acid groups (broad SMARTS) is 1. The molecule has 0 amide bonds. The molecule has 1 rings (SSSR count). The number of rotatable bonds is 5. The van der Waals surface area contributed by atoms with Crippen molar-refractivity contribution in [2.45, 2.75) is 19.5 Å². The molecule has 1 aromatic carbocycles. The van der Waals surface area contributed by atoms with E-state index >= 15 is 0 Å². The van der Waals surface area contributed by atoms with Crippen molar-refractivity contribution < 1.29 is 19.7 Å². The zero-order valence-electron chi connectivity index (χ0n) is 10.9. The molecule has 0 aliphatic rings. The first kappa shape index (κ1) is 18.0. The van der Waals surface area contributed by atoms with Crippen molar-refractivity contribution in [3.05, 3.63) is 22.2 Å². The van der Waals surface area contributed by atoms with Gasteiger partial charge in [-0.3, -0.25) is 9.69 Å². The number of nitrogens with zero attached hydrogens (tertiary/aromatic N) is 1. The van der Waals surface area contributed by atoms with Gasteiger partial charge in [-0.05, 0) is 47.6 Å². The average molecular weight is 355 g/mol. The van der Waals surface area contributed by atoms with Gasteiger partial charge in [0.2, 0.25) is 0 Å². The monoisotopic (exact) mass is 353 g/mol. The van der Waals surface area contributed by atoms with E-state index in [-0.39, 0.29) is 18.2 Å². The average Bonchev–Trinajstić information content (AvgIpc) is 2.32. The molecule has 2 N–H and O–H groups in total. The normalized spacial score (nSPS) is 11.8. The molecule has 0 aliphatic heterocycles. The third kappa shape index (κ3) is 4.56. The number of phenolic OH excluding ortho intramolecular Hbond substituents is 1. The van der Waals surface area contributed by atoms with Crippen LogP contribution in [-0.4, -0.2) is 41.3 Å². The minimum atomic E-state index is -0.873. The van der Waals surface area contributed by atoms with E-state index in [0.717, 1.165) is 5.56 Å². The lowest BCUT2D eigenvalue weighted by Crippen LogP contribution is -2.35. The van der Waals surface area contributed by atoms with Gasteiger partial charge in [0.1, 0.15) is 6.04 Å². The van der Waals surface area contributed by atoms with Crippen LogP contribution in [0, 0.1) is 0 Å². The number of carbonyl (C=O) groups is 1. The Hall–Kier alpha value is -0.980. The number of carboxylic acids is 1. The maximum atomic E-state index is 10.9. The maximum Gasteiger partial charge on any atom is 0.320 e. The number of halogens is 2. The van der Waals surface area contributed by atoms with Gasteiger partial charge in [-0.2, -0.15) is 0 Å². The fourth-order valence-electron chi connectivity index (χ4n) is 1.49. The molecule has 1 unspecified atom stereocenters. The summed E-state index contributed by atoms with van der Waals surface area (Å²) in [6.07, 6.45) is 0. The highest BCUT2D eigenvalue weighted by molar-refractivity contribution is 9.10. The van der Waals surface area contributed by atoms with Crippen molar-refractivity contribution >= 4 is 34.3 Å². The number of hydrogen-bond acceptors (Lipinski definition) is 4. The van der Waals surface area contributed by atoms with Crippen LogP contribution >= 0.6 is 28.3 Å². The first-order valence-corrected chi connectivity index (χ1v) is 6.14. The molecule has 0 radical (unpaired) electrons. The highest BCUT2D eigenvalue weighted by Gasteiger charge is 2.18. The van der Waals surface area contributed by atoms with E-state index < -0.39 is 12.0 Å². The number of hydrogen-bond donors (Lipinski definition) is 2. The molecule has 0 saturated carbocycles. The molecule has 0 aromatic heterocycles. The summed E-state index contributed by atoms with van der Waals surface area (Å²) in [4.78, 5) is 12.6. The molecule has 108 valence electrons. The van der Waals surface area contributed by atoms with Crippen molar-refractivity contribution in [3.63, 3.8) is 0 Å². The predicted molar refractivity (Wildman–Crippen MR) is 78.2 cm³/mol. The molecule has 7 heteroatoms. The van der Waals surface area contributed by atoms with Gasteiger partial charge in [0.15, 0.2) is 11.5 Å². The van der Waals surface area contributed by atoms with Crippen LogP contribution in [0.3, 0.4) is 0 Å². The molecule has 0 bridgehead atoms. The van der Waals surface area contributed by atoms with Gasteiger partial charge in [-0.1, -0.05) is 0 Å². The summed E-state index contributed by atoms with van der Waals surface area (Å²) in [5.74, 6) is -0.478. The van der Waals surface area contributed by atoms with E-state index in [1.54, 1.807) is 31.0 Å². The third-order valence-electron chi connectivity index (χ3n) is 2.76. The number of aromatic hydroxyl groups is 1. The van der Waals surface area contributed by atoms with E-state index in [1.165, 1.54) is 7.11 Å². The van der Waals surface area contributed by atoms with Gasteiger partial charge in [-0.15, -0.1) is 12.4 Å². The topological polar surface area (TPSA) is 70.0 Å². The Morgan fingerprint density at radius 3 is 2.58 bits per heavy atom. The van der Waals surface area contributed by atoms with Gasteiger partial charge >= 0.3 is 5.97 Å². The first-order chi connectivity index (χ1) is 8.36. The van der Waals surface area contributed by atoms with Gasteiger partial charge < -0.3 is 14.9 Å². The molecular formula is C12H17BrClNO4. The molecule has 19 heavy (non-hydrogen) atoms. The highest BCUT2D eigenvalue weighted by Crippen LogP contribution is 2.35. The quantitative estimate of drug-likeness (QED) is 0.850. The van der Waals surface area contributed by atoms with Crippen LogP contribution in [0.2, 0.25) is 0 Å². The van der Waals surface area contributed by atoms with E-state index in [0.29, 0.717) is 16.8 Å². The SMILES string of the molecule is COc1cc(CN(C)C(C)C(=O)O)cc(Br)c1O.Cl. The fraction of sp³-hybridized carbons (Fsp3) is 0.417. The molecular weight excluding hydrogens is 337 g/mol. The van der Waals surface area contributed by atoms with Crippen molar-refractivity contribution in [2.75, 3.05) is 14.2 Å². The van der Waals surface area contributed by atoms with Crippen molar-refractivity contribution in [2.24, 2.45) is 0 Å². The number of benzene rings is 1. The minimum absolute atomic E-state index is 0. The smallest absolute Gasteiger partial charge is 0.320 e. The van der Waals surface area contributed by atoms with Crippen molar-refractivity contribution in [1.29, 1.82) is 0 Å². The van der Waals surface area contributed by atoms with Crippen molar-refractivity contribution in [1.82, 2.24) is 4.90 Å². The second-order valence-corrected chi connectivity index (χ2v) is 4.91. The number of aliphatic carboxylic acids is 1. The number of methoxy groups -OCH3 is 1. The molecule has 1 atom stereocenters. The van der Waals surface area contributed by atoms with Crippen LogP contribution in [0.1, 0.15) is 12.5 Å². The molecule has 0 saturated heterocycles. The highest BCUT2D eigenvalue weighted by atomic mass is 79.9. The first-order valence-electron chi connectivity index (χ1n) is 5.35. The Balaban J connectivity index is 0.00000324. The second kappa shape index (κ2) is 7.57. The Kier molecular flexibility index (Phi) is 7.18. The zero-order chi connectivity index (χ0) is 13.9.